The number of benzene rings is 2. The summed E-state index contributed by atoms with van der Waals surface area (Å²) in [4.78, 5) is 12.7. The van der Waals surface area contributed by atoms with Crippen LogP contribution in [-0.2, 0) is 13.0 Å². The third kappa shape index (κ3) is 4.54. The Balaban J connectivity index is 1.67. The molecule has 3 aromatic rings. The topological polar surface area (TPSA) is 56.1 Å². The normalized spacial score (nSPS) is 10.7. The molecule has 0 saturated heterocycles. The zero-order chi connectivity index (χ0) is 20.1. The number of carbonyl (C=O) groups is 1. The van der Waals surface area contributed by atoms with Crippen LogP contribution < -0.4 is 10.1 Å². The van der Waals surface area contributed by atoms with Crippen molar-refractivity contribution in [3.63, 3.8) is 0 Å². The number of aryl methyl sites for hydroxylation is 2. The first-order valence-corrected chi connectivity index (χ1v) is 9.56. The second-order valence-corrected chi connectivity index (χ2v) is 7.07. The van der Waals surface area contributed by atoms with Gasteiger partial charge in [0, 0.05) is 6.54 Å². The third-order valence-corrected chi connectivity index (χ3v) is 4.97. The molecule has 0 radical (unpaired) electrons. The van der Waals surface area contributed by atoms with Crippen molar-refractivity contribution < 1.29 is 9.53 Å². The van der Waals surface area contributed by atoms with E-state index in [9.17, 15) is 4.79 Å². The van der Waals surface area contributed by atoms with Gasteiger partial charge in [-0.15, -0.1) is 0 Å². The lowest BCUT2D eigenvalue weighted by atomic mass is 10.1. The summed E-state index contributed by atoms with van der Waals surface area (Å²) < 4.78 is 7.05. The lowest BCUT2D eigenvalue weighted by molar-refractivity contribution is 0.0953. The van der Waals surface area contributed by atoms with Gasteiger partial charge in [-0.3, -0.25) is 4.79 Å². The molecule has 0 aliphatic carbocycles. The van der Waals surface area contributed by atoms with Crippen LogP contribution in [0.1, 0.15) is 32.7 Å². The average molecular weight is 398 g/mol. The van der Waals surface area contributed by atoms with Crippen LogP contribution in [0.5, 0.6) is 5.75 Å². The van der Waals surface area contributed by atoms with Crippen molar-refractivity contribution in [3.8, 4) is 5.75 Å². The zero-order valence-corrected chi connectivity index (χ0v) is 17.1. The third-order valence-electron chi connectivity index (χ3n) is 4.58. The number of methoxy groups -OCH3 is 1. The van der Waals surface area contributed by atoms with Crippen molar-refractivity contribution in [1.29, 1.82) is 0 Å². The van der Waals surface area contributed by atoms with E-state index in [4.69, 9.17) is 16.3 Å². The van der Waals surface area contributed by atoms with Gasteiger partial charge in [0.1, 0.15) is 10.9 Å². The molecule has 1 amide bonds. The number of nitrogens with zero attached hydrogens (tertiary/aromatic N) is 2. The molecule has 6 heteroatoms. The van der Waals surface area contributed by atoms with Gasteiger partial charge in [0.15, 0.2) is 0 Å². The fraction of sp³-hybridized carbons (Fsp3) is 0.273. The van der Waals surface area contributed by atoms with E-state index >= 15 is 0 Å². The van der Waals surface area contributed by atoms with Crippen LogP contribution in [0, 0.1) is 13.8 Å². The van der Waals surface area contributed by atoms with E-state index in [0.29, 0.717) is 35.9 Å². The molecule has 146 valence electrons. The van der Waals surface area contributed by atoms with Crippen LogP contribution in [-0.4, -0.2) is 29.3 Å². The molecule has 0 saturated carbocycles. The Morgan fingerprint density at radius 1 is 1.18 bits per heavy atom. The average Bonchev–Trinajstić information content (AvgIpc) is 2.96. The molecule has 28 heavy (non-hydrogen) atoms. The summed E-state index contributed by atoms with van der Waals surface area (Å²) in [6.07, 6.45) is 0.672. The number of amides is 1. The summed E-state index contributed by atoms with van der Waals surface area (Å²) in [5.74, 6) is 0.609. The predicted octanol–water partition coefficient (Wildman–Crippen LogP) is 4.18. The molecule has 0 spiro atoms. The number of hydrogen-bond donors (Lipinski definition) is 1. The fourth-order valence-electron chi connectivity index (χ4n) is 3.17. The summed E-state index contributed by atoms with van der Waals surface area (Å²) in [7, 11) is 1.65. The van der Waals surface area contributed by atoms with Crippen LogP contribution in [0.15, 0.2) is 48.5 Å². The highest BCUT2D eigenvalue weighted by atomic mass is 35.5. The molecule has 0 fully saturated rings. The minimum Gasteiger partial charge on any atom is -0.496 e. The maximum atomic E-state index is 12.7. The van der Waals surface area contributed by atoms with E-state index in [0.717, 1.165) is 22.4 Å². The van der Waals surface area contributed by atoms with E-state index in [2.05, 4.69) is 16.5 Å². The summed E-state index contributed by atoms with van der Waals surface area (Å²) in [6.45, 7) is 4.84. The molecule has 3 rings (SSSR count). The second kappa shape index (κ2) is 8.93. The zero-order valence-electron chi connectivity index (χ0n) is 16.3. The minimum absolute atomic E-state index is 0.214. The van der Waals surface area contributed by atoms with Gasteiger partial charge in [-0.05, 0) is 37.5 Å². The van der Waals surface area contributed by atoms with Crippen LogP contribution in [0.4, 0.5) is 0 Å². The van der Waals surface area contributed by atoms with Crippen LogP contribution in [0.2, 0.25) is 5.15 Å². The minimum atomic E-state index is -0.214. The van der Waals surface area contributed by atoms with Gasteiger partial charge in [0.25, 0.3) is 5.91 Å². The monoisotopic (exact) mass is 397 g/mol. The van der Waals surface area contributed by atoms with Gasteiger partial charge in [-0.1, -0.05) is 59.6 Å². The molecule has 1 N–H and O–H groups in total. The van der Waals surface area contributed by atoms with Gasteiger partial charge in [0.05, 0.1) is 24.9 Å². The highest BCUT2D eigenvalue weighted by Crippen LogP contribution is 2.22. The van der Waals surface area contributed by atoms with E-state index in [1.165, 1.54) is 0 Å². The first-order chi connectivity index (χ1) is 13.5. The Labute approximate surface area is 170 Å². The molecule has 5 nitrogen and oxygen atoms in total. The molecule has 0 atom stereocenters. The predicted molar refractivity (Wildman–Crippen MR) is 111 cm³/mol. The fourth-order valence-corrected chi connectivity index (χ4v) is 3.49. The summed E-state index contributed by atoms with van der Waals surface area (Å²) in [5, 5.41) is 7.73. The summed E-state index contributed by atoms with van der Waals surface area (Å²) in [5.41, 5.74) is 4.33. The smallest absolute Gasteiger partial charge is 0.256 e. The molecule has 0 aliphatic rings. The lowest BCUT2D eigenvalue weighted by Gasteiger charge is -2.10. The first kappa shape index (κ1) is 20.0. The Kier molecular flexibility index (Phi) is 6.37. The maximum Gasteiger partial charge on any atom is 0.256 e. The Bertz CT molecular complexity index is 967. The Morgan fingerprint density at radius 2 is 1.93 bits per heavy atom. The van der Waals surface area contributed by atoms with Crippen LogP contribution >= 0.6 is 11.6 Å². The molecular weight excluding hydrogens is 374 g/mol. The Morgan fingerprint density at radius 3 is 2.64 bits per heavy atom. The van der Waals surface area contributed by atoms with Crippen molar-refractivity contribution in [2.75, 3.05) is 13.7 Å². The molecule has 1 aromatic heterocycles. The maximum absolute atomic E-state index is 12.7. The largest absolute Gasteiger partial charge is 0.496 e. The number of aromatic nitrogens is 2. The molecule has 0 unspecified atom stereocenters. The van der Waals surface area contributed by atoms with E-state index in [1.807, 2.05) is 49.4 Å². The van der Waals surface area contributed by atoms with Crippen LogP contribution in [0.25, 0.3) is 0 Å². The first-order valence-electron chi connectivity index (χ1n) is 9.18. The molecule has 2 aromatic carbocycles. The quantitative estimate of drug-likeness (QED) is 0.650. The highest BCUT2D eigenvalue weighted by molar-refractivity contribution is 6.33. The molecule has 1 heterocycles. The van der Waals surface area contributed by atoms with Gasteiger partial charge in [-0.25, -0.2) is 4.68 Å². The highest BCUT2D eigenvalue weighted by Gasteiger charge is 2.20. The van der Waals surface area contributed by atoms with Crippen LogP contribution in [0.3, 0.4) is 0 Å². The van der Waals surface area contributed by atoms with E-state index in [-0.39, 0.29) is 5.91 Å². The summed E-state index contributed by atoms with van der Waals surface area (Å²) in [6, 6.07) is 15.9. The molecule has 0 bridgehead atoms. The standard InChI is InChI=1S/C22H24ClN3O2/c1-15-9-10-19(28-3)18(13-15)11-12-24-22(27)20-16(2)25-26(21(20)23)14-17-7-5-4-6-8-17/h4-10,13H,11-12,14H2,1-3H3,(H,24,27). The van der Waals surface area contributed by atoms with Crippen molar-refractivity contribution in [1.82, 2.24) is 15.1 Å². The molecular formula is C22H24ClN3O2. The number of hydrogen-bond acceptors (Lipinski definition) is 3. The van der Waals surface area contributed by atoms with Crippen molar-refractivity contribution >= 4 is 17.5 Å². The number of halogens is 1. The van der Waals surface area contributed by atoms with Gasteiger partial charge >= 0.3 is 0 Å². The number of rotatable bonds is 7. The van der Waals surface area contributed by atoms with Gasteiger partial charge < -0.3 is 10.1 Å². The van der Waals surface area contributed by atoms with Crippen molar-refractivity contribution in [3.05, 3.63) is 81.6 Å². The lowest BCUT2D eigenvalue weighted by Crippen LogP contribution is -2.26. The van der Waals surface area contributed by atoms with Crippen molar-refractivity contribution in [2.45, 2.75) is 26.8 Å². The van der Waals surface area contributed by atoms with E-state index in [1.54, 1.807) is 18.7 Å². The Hall–Kier alpha value is -2.79. The van der Waals surface area contributed by atoms with Crippen molar-refractivity contribution in [2.24, 2.45) is 0 Å². The van der Waals surface area contributed by atoms with E-state index < -0.39 is 0 Å². The number of carbonyl (C=O) groups excluding carboxylic acids is 1. The number of ether oxygens (including phenoxy) is 1. The summed E-state index contributed by atoms with van der Waals surface area (Å²) >= 11 is 6.46. The SMILES string of the molecule is COc1ccc(C)cc1CCNC(=O)c1c(C)nn(Cc2ccccc2)c1Cl. The number of nitrogens with one attached hydrogen (secondary N) is 1. The van der Waals surface area contributed by atoms with Gasteiger partial charge in [0.2, 0.25) is 0 Å². The second-order valence-electron chi connectivity index (χ2n) is 6.72. The molecule has 0 aliphatic heterocycles. The van der Waals surface area contributed by atoms with Gasteiger partial charge in [-0.2, -0.15) is 5.10 Å².